The van der Waals surface area contributed by atoms with Gasteiger partial charge in [0.05, 0.1) is 0 Å². The standard InChI is InChI=1S/C14H17Br/c1-2-11-3-5-12(6-4-11)13-7-9-14(15)10-8-13/h2,7-12H,1,3-6H2. The molecular formula is C14H17Br. The van der Waals surface area contributed by atoms with Gasteiger partial charge in [0.2, 0.25) is 0 Å². The van der Waals surface area contributed by atoms with Crippen LogP contribution in [0, 0.1) is 5.92 Å². The van der Waals surface area contributed by atoms with Gasteiger partial charge in [0.1, 0.15) is 0 Å². The highest BCUT2D eigenvalue weighted by Gasteiger charge is 2.20. The van der Waals surface area contributed by atoms with E-state index in [1.165, 1.54) is 35.7 Å². The molecule has 1 fully saturated rings. The predicted molar refractivity (Wildman–Crippen MR) is 69.0 cm³/mol. The summed E-state index contributed by atoms with van der Waals surface area (Å²) in [4.78, 5) is 0. The van der Waals surface area contributed by atoms with Crippen molar-refractivity contribution < 1.29 is 0 Å². The Morgan fingerprint density at radius 3 is 2.20 bits per heavy atom. The van der Waals surface area contributed by atoms with E-state index in [0.717, 1.165) is 11.8 Å². The average molecular weight is 265 g/mol. The second-order valence-corrected chi connectivity index (χ2v) is 5.31. The van der Waals surface area contributed by atoms with Gasteiger partial charge in [-0.25, -0.2) is 0 Å². The lowest BCUT2D eigenvalue weighted by Crippen LogP contribution is -2.11. The van der Waals surface area contributed by atoms with Crippen LogP contribution in [0.25, 0.3) is 0 Å². The van der Waals surface area contributed by atoms with Crippen LogP contribution in [0.5, 0.6) is 0 Å². The molecule has 0 saturated heterocycles. The van der Waals surface area contributed by atoms with Gasteiger partial charge in [-0.05, 0) is 55.2 Å². The van der Waals surface area contributed by atoms with Crippen LogP contribution in [-0.4, -0.2) is 0 Å². The summed E-state index contributed by atoms with van der Waals surface area (Å²) in [5, 5.41) is 0. The fraction of sp³-hybridized carbons (Fsp3) is 0.429. The number of benzene rings is 1. The molecular weight excluding hydrogens is 248 g/mol. The number of hydrogen-bond acceptors (Lipinski definition) is 0. The summed E-state index contributed by atoms with van der Waals surface area (Å²) < 4.78 is 1.17. The van der Waals surface area contributed by atoms with Crippen molar-refractivity contribution in [2.45, 2.75) is 31.6 Å². The molecule has 15 heavy (non-hydrogen) atoms. The van der Waals surface area contributed by atoms with E-state index in [0.29, 0.717) is 0 Å². The monoisotopic (exact) mass is 264 g/mol. The van der Waals surface area contributed by atoms with E-state index in [4.69, 9.17) is 0 Å². The molecule has 0 spiro atoms. The molecule has 0 radical (unpaired) electrons. The first-order valence-electron chi connectivity index (χ1n) is 5.67. The van der Waals surface area contributed by atoms with Crippen molar-refractivity contribution in [3.05, 3.63) is 47.0 Å². The molecule has 1 aliphatic carbocycles. The number of halogens is 1. The van der Waals surface area contributed by atoms with Gasteiger partial charge in [0, 0.05) is 4.47 Å². The minimum atomic E-state index is 0.761. The Balaban J connectivity index is 2.01. The van der Waals surface area contributed by atoms with Gasteiger partial charge in [-0.3, -0.25) is 0 Å². The first-order valence-corrected chi connectivity index (χ1v) is 6.47. The largest absolute Gasteiger partial charge is 0.103 e. The van der Waals surface area contributed by atoms with E-state index >= 15 is 0 Å². The molecule has 0 nitrogen and oxygen atoms in total. The molecule has 0 atom stereocenters. The Kier molecular flexibility index (Phi) is 3.63. The van der Waals surface area contributed by atoms with Gasteiger partial charge in [0.25, 0.3) is 0 Å². The Morgan fingerprint density at radius 2 is 1.67 bits per heavy atom. The predicted octanol–water partition coefficient (Wildman–Crippen LogP) is 4.91. The summed E-state index contributed by atoms with van der Waals surface area (Å²) >= 11 is 3.48. The Bertz CT molecular complexity index is 318. The molecule has 0 heterocycles. The van der Waals surface area contributed by atoms with Gasteiger partial charge >= 0.3 is 0 Å². The van der Waals surface area contributed by atoms with Crippen LogP contribution in [0.3, 0.4) is 0 Å². The van der Waals surface area contributed by atoms with Gasteiger partial charge in [-0.2, -0.15) is 0 Å². The number of allylic oxidation sites excluding steroid dienone is 1. The normalized spacial score (nSPS) is 26.2. The second kappa shape index (κ2) is 4.98. The maximum atomic E-state index is 3.89. The SMILES string of the molecule is C=CC1CCC(c2ccc(Br)cc2)CC1. The van der Waals surface area contributed by atoms with Crippen LogP contribution in [-0.2, 0) is 0 Å². The summed E-state index contributed by atoms with van der Waals surface area (Å²) in [6.07, 6.45) is 7.38. The van der Waals surface area contributed by atoms with Gasteiger partial charge in [-0.15, -0.1) is 6.58 Å². The number of rotatable bonds is 2. The second-order valence-electron chi connectivity index (χ2n) is 4.40. The Morgan fingerprint density at radius 1 is 1.07 bits per heavy atom. The fourth-order valence-electron chi connectivity index (χ4n) is 2.42. The third kappa shape index (κ3) is 2.72. The molecule has 80 valence electrons. The van der Waals surface area contributed by atoms with Crippen molar-refractivity contribution in [1.82, 2.24) is 0 Å². The van der Waals surface area contributed by atoms with E-state index in [-0.39, 0.29) is 0 Å². The lowest BCUT2D eigenvalue weighted by Gasteiger charge is -2.26. The molecule has 0 amide bonds. The van der Waals surface area contributed by atoms with E-state index in [1.807, 2.05) is 0 Å². The van der Waals surface area contributed by atoms with Crippen molar-refractivity contribution >= 4 is 15.9 Å². The highest BCUT2D eigenvalue weighted by atomic mass is 79.9. The lowest BCUT2D eigenvalue weighted by molar-refractivity contribution is 0.376. The highest BCUT2D eigenvalue weighted by molar-refractivity contribution is 9.10. The molecule has 0 aromatic heterocycles. The molecule has 1 heteroatoms. The number of hydrogen-bond donors (Lipinski definition) is 0. The molecule has 1 aromatic rings. The van der Waals surface area contributed by atoms with E-state index in [9.17, 15) is 0 Å². The van der Waals surface area contributed by atoms with E-state index in [1.54, 1.807) is 0 Å². The summed E-state index contributed by atoms with van der Waals surface area (Å²) in [7, 11) is 0. The zero-order chi connectivity index (χ0) is 10.7. The van der Waals surface area contributed by atoms with Crippen LogP contribution < -0.4 is 0 Å². The minimum Gasteiger partial charge on any atom is -0.103 e. The molecule has 0 unspecified atom stereocenters. The Labute approximate surface area is 101 Å². The average Bonchev–Trinajstić information content (AvgIpc) is 2.30. The van der Waals surface area contributed by atoms with E-state index in [2.05, 4.69) is 52.9 Å². The van der Waals surface area contributed by atoms with Crippen LogP contribution >= 0.6 is 15.9 Å². The summed E-state index contributed by atoms with van der Waals surface area (Å²) in [5.41, 5.74) is 1.50. The molecule has 2 rings (SSSR count). The summed E-state index contributed by atoms with van der Waals surface area (Å²) in [6.45, 7) is 3.89. The minimum absolute atomic E-state index is 0.761. The molecule has 1 saturated carbocycles. The van der Waals surface area contributed by atoms with E-state index < -0.39 is 0 Å². The van der Waals surface area contributed by atoms with Crippen molar-refractivity contribution in [2.24, 2.45) is 5.92 Å². The first-order chi connectivity index (χ1) is 7.29. The van der Waals surface area contributed by atoms with Crippen LogP contribution in [0.2, 0.25) is 0 Å². The van der Waals surface area contributed by atoms with Crippen LogP contribution in [0.4, 0.5) is 0 Å². The fourth-order valence-corrected chi connectivity index (χ4v) is 2.69. The lowest BCUT2D eigenvalue weighted by atomic mass is 9.79. The third-order valence-corrected chi connectivity index (χ3v) is 3.98. The van der Waals surface area contributed by atoms with Crippen LogP contribution in [0.1, 0.15) is 37.2 Å². The maximum Gasteiger partial charge on any atom is 0.0175 e. The van der Waals surface area contributed by atoms with Crippen molar-refractivity contribution in [2.75, 3.05) is 0 Å². The zero-order valence-corrected chi connectivity index (χ0v) is 10.5. The first kappa shape index (κ1) is 10.9. The third-order valence-electron chi connectivity index (χ3n) is 3.45. The molecule has 1 aliphatic rings. The van der Waals surface area contributed by atoms with Gasteiger partial charge < -0.3 is 0 Å². The topological polar surface area (TPSA) is 0 Å². The van der Waals surface area contributed by atoms with Crippen LogP contribution in [0.15, 0.2) is 41.4 Å². The molecule has 0 N–H and O–H groups in total. The maximum absolute atomic E-state index is 3.89. The Hall–Kier alpha value is -0.560. The van der Waals surface area contributed by atoms with Crippen molar-refractivity contribution in [1.29, 1.82) is 0 Å². The summed E-state index contributed by atoms with van der Waals surface area (Å²) in [5.74, 6) is 1.53. The van der Waals surface area contributed by atoms with Crippen molar-refractivity contribution in [3.8, 4) is 0 Å². The smallest absolute Gasteiger partial charge is 0.0175 e. The summed E-state index contributed by atoms with van der Waals surface area (Å²) in [6, 6.07) is 8.80. The molecule has 1 aromatic carbocycles. The highest BCUT2D eigenvalue weighted by Crippen LogP contribution is 2.36. The van der Waals surface area contributed by atoms with Crippen molar-refractivity contribution in [3.63, 3.8) is 0 Å². The molecule has 0 aliphatic heterocycles. The van der Waals surface area contributed by atoms with Gasteiger partial charge in [0.15, 0.2) is 0 Å². The quantitative estimate of drug-likeness (QED) is 0.666. The zero-order valence-electron chi connectivity index (χ0n) is 8.95. The van der Waals surface area contributed by atoms with Gasteiger partial charge in [-0.1, -0.05) is 34.1 Å². The molecule has 0 bridgehead atoms.